The van der Waals surface area contributed by atoms with Crippen molar-refractivity contribution in [1.82, 2.24) is 4.57 Å². The van der Waals surface area contributed by atoms with Crippen LogP contribution < -0.4 is 10.9 Å². The lowest BCUT2D eigenvalue weighted by Gasteiger charge is -2.19. The summed E-state index contributed by atoms with van der Waals surface area (Å²) in [6, 6.07) is 13.9. The van der Waals surface area contributed by atoms with Gasteiger partial charge in [0.05, 0.1) is 12.7 Å². The van der Waals surface area contributed by atoms with Crippen molar-refractivity contribution in [3.8, 4) is 11.1 Å². The Balaban J connectivity index is 1.48. The standard InChI is InChI=1S/C31H29ClN2O6S/c1-16-9-14-22-23(15-16)41-28(25(22)30(37)39-4)33-27(35)17(2)40-31(38)26-24(18-10-12-19(32)13-11-18)20-7-5-6-8-21(20)29(36)34(26)3/h5-8,10-13,16-17H,9,14-15H2,1-4H3,(H,33,35). The molecule has 0 aliphatic heterocycles. The molecule has 1 amide bonds. The molecule has 0 spiro atoms. The van der Waals surface area contributed by atoms with Gasteiger partial charge in [-0.3, -0.25) is 9.59 Å². The number of benzene rings is 2. The summed E-state index contributed by atoms with van der Waals surface area (Å²) >= 11 is 7.45. The van der Waals surface area contributed by atoms with E-state index in [1.807, 2.05) is 0 Å². The van der Waals surface area contributed by atoms with E-state index in [2.05, 4.69) is 12.2 Å². The van der Waals surface area contributed by atoms with E-state index < -0.39 is 23.9 Å². The Hall–Kier alpha value is -3.95. The number of rotatable bonds is 6. The van der Waals surface area contributed by atoms with Gasteiger partial charge in [-0.25, -0.2) is 9.59 Å². The number of nitrogens with zero attached hydrogens (tertiary/aromatic N) is 1. The number of anilines is 1. The normalized spacial score (nSPS) is 15.2. The Morgan fingerprint density at radius 3 is 2.44 bits per heavy atom. The van der Waals surface area contributed by atoms with Crippen LogP contribution in [-0.2, 0) is 34.2 Å². The average Bonchev–Trinajstić information content (AvgIpc) is 3.31. The van der Waals surface area contributed by atoms with Gasteiger partial charge in [-0.15, -0.1) is 11.3 Å². The Morgan fingerprint density at radius 1 is 1.07 bits per heavy atom. The summed E-state index contributed by atoms with van der Waals surface area (Å²) in [4.78, 5) is 53.8. The zero-order valence-corrected chi connectivity index (χ0v) is 24.7. The van der Waals surface area contributed by atoms with Crippen LogP contribution in [0, 0.1) is 5.92 Å². The topological polar surface area (TPSA) is 104 Å². The second kappa shape index (κ2) is 11.5. The lowest BCUT2D eigenvalue weighted by Crippen LogP contribution is -2.33. The van der Waals surface area contributed by atoms with E-state index in [4.69, 9.17) is 21.1 Å². The summed E-state index contributed by atoms with van der Waals surface area (Å²) in [5.41, 5.74) is 2.04. The molecule has 2 aromatic heterocycles. The molecule has 2 heterocycles. The highest BCUT2D eigenvalue weighted by Gasteiger charge is 2.31. The number of hydrogen-bond acceptors (Lipinski definition) is 7. The zero-order valence-electron chi connectivity index (χ0n) is 23.1. The predicted molar refractivity (Wildman–Crippen MR) is 160 cm³/mol. The van der Waals surface area contributed by atoms with E-state index in [1.54, 1.807) is 48.5 Å². The Bertz CT molecular complexity index is 1740. The number of esters is 2. The molecule has 10 heteroatoms. The van der Waals surface area contributed by atoms with Gasteiger partial charge >= 0.3 is 11.9 Å². The van der Waals surface area contributed by atoms with Gasteiger partial charge in [0.25, 0.3) is 11.5 Å². The van der Waals surface area contributed by atoms with Crippen molar-refractivity contribution in [1.29, 1.82) is 0 Å². The molecule has 8 nitrogen and oxygen atoms in total. The van der Waals surface area contributed by atoms with Crippen molar-refractivity contribution < 1.29 is 23.9 Å². The minimum Gasteiger partial charge on any atom is -0.465 e. The third-order valence-electron chi connectivity index (χ3n) is 7.42. The van der Waals surface area contributed by atoms with E-state index >= 15 is 0 Å². The maximum atomic E-state index is 13.6. The molecule has 41 heavy (non-hydrogen) atoms. The number of thiophene rings is 1. The molecule has 0 fully saturated rings. The van der Waals surface area contributed by atoms with E-state index in [9.17, 15) is 19.2 Å². The Labute approximate surface area is 245 Å². The van der Waals surface area contributed by atoms with E-state index in [-0.39, 0.29) is 11.3 Å². The molecule has 1 N–H and O–H groups in total. The van der Waals surface area contributed by atoms with Crippen molar-refractivity contribution in [2.75, 3.05) is 12.4 Å². The maximum absolute atomic E-state index is 13.6. The maximum Gasteiger partial charge on any atom is 0.356 e. The van der Waals surface area contributed by atoms with Crippen LogP contribution in [0.5, 0.6) is 0 Å². The van der Waals surface area contributed by atoms with Gasteiger partial charge in [0, 0.05) is 27.9 Å². The smallest absolute Gasteiger partial charge is 0.356 e. The first-order valence-corrected chi connectivity index (χ1v) is 14.4. The highest BCUT2D eigenvalue weighted by atomic mass is 35.5. The van der Waals surface area contributed by atoms with Crippen molar-refractivity contribution in [3.05, 3.63) is 85.6 Å². The number of fused-ring (bicyclic) bond motifs is 2. The van der Waals surface area contributed by atoms with Crippen LogP contribution in [0.4, 0.5) is 5.00 Å². The van der Waals surface area contributed by atoms with Gasteiger partial charge in [-0.05, 0) is 66.8 Å². The van der Waals surface area contributed by atoms with Gasteiger partial charge in [0.15, 0.2) is 6.10 Å². The third-order valence-corrected chi connectivity index (χ3v) is 8.84. The number of aromatic nitrogens is 1. The molecule has 2 atom stereocenters. The lowest BCUT2D eigenvalue weighted by atomic mass is 9.88. The number of ether oxygens (including phenoxy) is 2. The van der Waals surface area contributed by atoms with Crippen molar-refractivity contribution in [2.45, 2.75) is 39.2 Å². The van der Waals surface area contributed by atoms with Crippen LogP contribution in [0.2, 0.25) is 5.02 Å². The molecule has 212 valence electrons. The number of amides is 1. The van der Waals surface area contributed by atoms with Crippen LogP contribution in [-0.4, -0.2) is 35.6 Å². The molecule has 0 saturated carbocycles. The molecule has 2 unspecified atom stereocenters. The first-order valence-electron chi connectivity index (χ1n) is 13.2. The number of carbonyl (C=O) groups is 3. The summed E-state index contributed by atoms with van der Waals surface area (Å²) in [5.74, 6) is -1.49. The second-order valence-corrected chi connectivity index (χ2v) is 11.8. The fourth-order valence-corrected chi connectivity index (χ4v) is 6.78. The highest BCUT2D eigenvalue weighted by Crippen LogP contribution is 2.40. The van der Waals surface area contributed by atoms with Gasteiger partial charge < -0.3 is 19.4 Å². The summed E-state index contributed by atoms with van der Waals surface area (Å²) < 4.78 is 11.9. The Kier molecular flexibility index (Phi) is 8.02. The van der Waals surface area contributed by atoms with Crippen molar-refractivity contribution in [3.63, 3.8) is 0 Å². The molecule has 5 rings (SSSR count). The number of halogens is 1. The van der Waals surface area contributed by atoms with Gasteiger partial charge in [0.1, 0.15) is 10.7 Å². The first kappa shape index (κ1) is 28.6. The summed E-state index contributed by atoms with van der Waals surface area (Å²) in [5, 5.41) is 4.69. The Morgan fingerprint density at radius 2 is 1.76 bits per heavy atom. The van der Waals surface area contributed by atoms with Crippen molar-refractivity contribution in [2.24, 2.45) is 13.0 Å². The fraction of sp³-hybridized carbons (Fsp3) is 0.290. The largest absolute Gasteiger partial charge is 0.465 e. The number of nitrogens with one attached hydrogen (secondary N) is 1. The lowest BCUT2D eigenvalue weighted by molar-refractivity contribution is -0.123. The van der Waals surface area contributed by atoms with E-state index in [0.717, 1.165) is 29.7 Å². The van der Waals surface area contributed by atoms with Crippen LogP contribution >= 0.6 is 22.9 Å². The van der Waals surface area contributed by atoms with Crippen LogP contribution in [0.1, 0.15) is 51.6 Å². The van der Waals surface area contributed by atoms with Gasteiger partial charge in [0.2, 0.25) is 0 Å². The molecular formula is C31H29ClN2O6S. The molecule has 0 radical (unpaired) electrons. The zero-order chi connectivity index (χ0) is 29.4. The molecule has 0 saturated heterocycles. The van der Waals surface area contributed by atoms with Crippen molar-refractivity contribution >= 4 is 56.6 Å². The molecule has 2 aromatic carbocycles. The highest BCUT2D eigenvalue weighted by molar-refractivity contribution is 7.17. The van der Waals surface area contributed by atoms with Crippen LogP contribution in [0.3, 0.4) is 0 Å². The first-order chi connectivity index (χ1) is 19.6. The van der Waals surface area contributed by atoms with Gasteiger partial charge in [-0.2, -0.15) is 0 Å². The number of pyridine rings is 1. The molecular weight excluding hydrogens is 564 g/mol. The monoisotopic (exact) mass is 592 g/mol. The van der Waals surface area contributed by atoms with E-state index in [1.165, 1.54) is 37.0 Å². The third kappa shape index (κ3) is 5.39. The minimum atomic E-state index is -1.23. The SMILES string of the molecule is COC(=O)c1c(NC(=O)C(C)OC(=O)c2c(-c3ccc(Cl)cc3)c3ccccc3c(=O)n2C)sc2c1CCC(C)C2. The molecule has 1 aliphatic rings. The quantitative estimate of drug-likeness (QED) is 0.275. The average molecular weight is 593 g/mol. The van der Waals surface area contributed by atoms with Gasteiger partial charge in [-0.1, -0.05) is 48.9 Å². The van der Waals surface area contributed by atoms with Crippen LogP contribution in [0.15, 0.2) is 53.3 Å². The van der Waals surface area contributed by atoms with Crippen LogP contribution in [0.25, 0.3) is 21.9 Å². The molecule has 4 aromatic rings. The second-order valence-electron chi connectivity index (χ2n) is 10.2. The summed E-state index contributed by atoms with van der Waals surface area (Å²) in [7, 11) is 2.80. The molecule has 1 aliphatic carbocycles. The summed E-state index contributed by atoms with van der Waals surface area (Å²) in [6.45, 7) is 3.60. The fourth-order valence-electron chi connectivity index (χ4n) is 5.25. The molecule has 0 bridgehead atoms. The predicted octanol–water partition coefficient (Wildman–Crippen LogP) is 6.02. The number of methoxy groups -OCH3 is 1. The van der Waals surface area contributed by atoms with E-state index in [0.29, 0.717) is 43.4 Å². The summed E-state index contributed by atoms with van der Waals surface area (Å²) in [6.07, 6.45) is 1.25. The number of carbonyl (C=O) groups excluding carboxylic acids is 3. The minimum absolute atomic E-state index is 0.00602. The number of hydrogen-bond donors (Lipinski definition) is 1.